The van der Waals surface area contributed by atoms with Crippen LogP contribution in [0.5, 0.6) is 0 Å². The van der Waals surface area contributed by atoms with Crippen LogP contribution in [0.25, 0.3) is 0 Å². The Hall–Kier alpha value is -2.04. The Morgan fingerprint density at radius 1 is 1.29 bits per heavy atom. The molecule has 10 heteroatoms. The molecule has 1 aromatic heterocycles. The Morgan fingerprint density at radius 3 is 2.75 bits per heavy atom. The molecule has 3 rings (SSSR count). The van der Waals surface area contributed by atoms with Crippen LogP contribution in [0.15, 0.2) is 24.5 Å². The molecule has 3 heterocycles. The number of aromatic nitrogens is 1. The van der Waals surface area contributed by atoms with Crippen LogP contribution in [-0.4, -0.2) is 74.1 Å². The van der Waals surface area contributed by atoms with E-state index in [2.05, 4.69) is 25.2 Å². The summed E-state index contributed by atoms with van der Waals surface area (Å²) in [5.74, 6) is -0.491. The van der Waals surface area contributed by atoms with Crippen LogP contribution >= 0.6 is 0 Å². The summed E-state index contributed by atoms with van der Waals surface area (Å²) in [5.41, 5.74) is -0.145. The van der Waals surface area contributed by atoms with E-state index >= 15 is 0 Å². The Kier molecular flexibility index (Phi) is 6.31. The highest BCUT2D eigenvalue weighted by Gasteiger charge is 2.52. The number of carbonyl (C=O) groups is 2. The van der Waals surface area contributed by atoms with Gasteiger partial charge >= 0.3 is 0 Å². The van der Waals surface area contributed by atoms with Crippen molar-refractivity contribution in [3.8, 4) is 0 Å². The maximum Gasteiger partial charge on any atom is 0.251 e. The minimum Gasteiger partial charge on any atom is -0.353 e. The number of sulfonamides is 1. The number of pyridine rings is 1. The molecule has 154 valence electrons. The lowest BCUT2D eigenvalue weighted by molar-refractivity contribution is -0.133. The van der Waals surface area contributed by atoms with Crippen LogP contribution in [-0.2, 0) is 14.8 Å². The zero-order valence-electron chi connectivity index (χ0n) is 16.0. The molecule has 0 saturated carbocycles. The van der Waals surface area contributed by atoms with Crippen molar-refractivity contribution in [2.24, 2.45) is 0 Å². The molecule has 28 heavy (non-hydrogen) atoms. The van der Waals surface area contributed by atoms with Crippen LogP contribution in [0, 0.1) is 0 Å². The van der Waals surface area contributed by atoms with Crippen LogP contribution in [0.3, 0.4) is 0 Å². The molecule has 3 N–H and O–H groups in total. The normalized spacial score (nSPS) is 25.1. The fourth-order valence-corrected chi connectivity index (χ4v) is 4.69. The molecular formula is C18H27N5O4S. The summed E-state index contributed by atoms with van der Waals surface area (Å²) >= 11 is 0. The average molecular weight is 410 g/mol. The summed E-state index contributed by atoms with van der Waals surface area (Å²) in [6.07, 6.45) is 6.31. The summed E-state index contributed by atoms with van der Waals surface area (Å²) < 4.78 is 25.4. The van der Waals surface area contributed by atoms with Crippen molar-refractivity contribution in [2.75, 3.05) is 32.4 Å². The van der Waals surface area contributed by atoms with Gasteiger partial charge in [-0.25, -0.2) is 13.1 Å². The quantitative estimate of drug-likeness (QED) is 0.557. The lowest BCUT2D eigenvalue weighted by atomic mass is 9.84. The van der Waals surface area contributed by atoms with Crippen molar-refractivity contribution in [1.29, 1.82) is 0 Å². The standard InChI is InChI=1S/C18H27N5O4S/c1-19-28(26,27)11-9-21-17(25)18-6-2-3-10-23(18)13-15(12-18)22-16(24)14-4-7-20-8-5-14/h4-5,7-8,15,19H,2-3,6,9-13H2,1H3,(H,21,25)(H,22,24)/t15-,18-/m0/s1. The van der Waals surface area contributed by atoms with Crippen molar-refractivity contribution >= 4 is 21.8 Å². The predicted molar refractivity (Wildman–Crippen MR) is 104 cm³/mol. The first-order valence-electron chi connectivity index (χ1n) is 9.52. The Bertz CT molecular complexity index is 817. The van der Waals surface area contributed by atoms with Gasteiger partial charge in [-0.2, -0.15) is 0 Å². The fourth-order valence-electron chi connectivity index (χ4n) is 4.11. The van der Waals surface area contributed by atoms with Gasteiger partial charge < -0.3 is 10.6 Å². The first-order chi connectivity index (χ1) is 13.4. The highest BCUT2D eigenvalue weighted by Crippen LogP contribution is 2.38. The first-order valence-corrected chi connectivity index (χ1v) is 11.2. The van der Waals surface area contributed by atoms with Gasteiger partial charge in [-0.15, -0.1) is 0 Å². The van der Waals surface area contributed by atoms with Gasteiger partial charge in [0.05, 0.1) is 5.75 Å². The molecule has 2 atom stereocenters. The van der Waals surface area contributed by atoms with Crippen molar-refractivity contribution < 1.29 is 18.0 Å². The van der Waals surface area contributed by atoms with E-state index in [1.54, 1.807) is 24.5 Å². The second-order valence-electron chi connectivity index (χ2n) is 7.32. The van der Waals surface area contributed by atoms with Crippen LogP contribution in [0.1, 0.15) is 36.0 Å². The third kappa shape index (κ3) is 4.50. The summed E-state index contributed by atoms with van der Waals surface area (Å²) in [5, 5.41) is 5.82. The molecule has 0 aromatic carbocycles. The number of piperidine rings is 1. The molecule has 0 spiro atoms. The van der Waals surface area contributed by atoms with E-state index in [9.17, 15) is 18.0 Å². The van der Waals surface area contributed by atoms with Gasteiger partial charge in [-0.05, 0) is 51.4 Å². The molecule has 9 nitrogen and oxygen atoms in total. The van der Waals surface area contributed by atoms with Crippen LogP contribution in [0.4, 0.5) is 0 Å². The lowest BCUT2D eigenvalue weighted by Crippen LogP contribution is -2.58. The molecule has 2 aliphatic rings. The largest absolute Gasteiger partial charge is 0.353 e. The first kappa shape index (κ1) is 20.7. The summed E-state index contributed by atoms with van der Waals surface area (Å²) in [6, 6.07) is 3.18. The van der Waals surface area contributed by atoms with Gasteiger partial charge in [-0.1, -0.05) is 0 Å². The maximum atomic E-state index is 13.0. The number of amides is 2. The predicted octanol–water partition coefficient (Wildman–Crippen LogP) is -0.526. The minimum atomic E-state index is -3.37. The topological polar surface area (TPSA) is 121 Å². The Labute approximate surface area is 165 Å². The van der Waals surface area contributed by atoms with E-state index in [-0.39, 0.29) is 30.2 Å². The number of hydrogen-bond donors (Lipinski definition) is 3. The van der Waals surface area contributed by atoms with E-state index in [1.807, 2.05) is 0 Å². The van der Waals surface area contributed by atoms with Gasteiger partial charge in [-0.3, -0.25) is 19.5 Å². The molecular weight excluding hydrogens is 382 g/mol. The van der Waals surface area contributed by atoms with Gasteiger partial charge in [0.15, 0.2) is 0 Å². The van der Waals surface area contributed by atoms with Crippen molar-refractivity contribution in [1.82, 2.24) is 25.2 Å². The highest BCUT2D eigenvalue weighted by molar-refractivity contribution is 7.89. The summed E-state index contributed by atoms with van der Waals surface area (Å²) in [4.78, 5) is 31.5. The molecule has 0 radical (unpaired) electrons. The third-order valence-electron chi connectivity index (χ3n) is 5.57. The summed E-state index contributed by atoms with van der Waals surface area (Å²) in [7, 11) is -2.02. The second-order valence-corrected chi connectivity index (χ2v) is 9.37. The number of carbonyl (C=O) groups excluding carboxylic acids is 2. The van der Waals surface area contributed by atoms with Crippen molar-refractivity contribution in [3.63, 3.8) is 0 Å². The van der Waals surface area contributed by atoms with E-state index in [0.29, 0.717) is 24.9 Å². The van der Waals surface area contributed by atoms with Crippen LogP contribution < -0.4 is 15.4 Å². The van der Waals surface area contributed by atoms with Gasteiger partial charge in [0.2, 0.25) is 15.9 Å². The highest BCUT2D eigenvalue weighted by atomic mass is 32.2. The van der Waals surface area contributed by atoms with E-state index in [4.69, 9.17) is 0 Å². The second kappa shape index (κ2) is 8.54. The maximum absolute atomic E-state index is 13.0. The SMILES string of the molecule is CNS(=O)(=O)CCNC(=O)[C@@]12CCCCN1C[C@@H](NC(=O)c1ccncc1)C2. The number of rotatable bonds is 7. The van der Waals surface area contributed by atoms with Gasteiger partial charge in [0.1, 0.15) is 5.54 Å². The molecule has 0 unspecified atom stereocenters. The molecule has 2 saturated heterocycles. The average Bonchev–Trinajstić information content (AvgIpc) is 3.07. The smallest absolute Gasteiger partial charge is 0.251 e. The van der Waals surface area contributed by atoms with Crippen molar-refractivity contribution in [2.45, 2.75) is 37.3 Å². The van der Waals surface area contributed by atoms with E-state index in [1.165, 1.54) is 7.05 Å². The number of fused-ring (bicyclic) bond motifs is 1. The molecule has 2 aliphatic heterocycles. The monoisotopic (exact) mass is 409 g/mol. The van der Waals surface area contributed by atoms with Crippen LogP contribution in [0.2, 0.25) is 0 Å². The molecule has 0 bridgehead atoms. The van der Waals surface area contributed by atoms with Crippen molar-refractivity contribution in [3.05, 3.63) is 30.1 Å². The number of hydrogen-bond acceptors (Lipinski definition) is 6. The van der Waals surface area contributed by atoms with E-state index in [0.717, 1.165) is 19.4 Å². The minimum absolute atomic E-state index is 0.0611. The van der Waals surface area contributed by atoms with Gasteiger partial charge in [0.25, 0.3) is 5.91 Å². The number of nitrogens with one attached hydrogen (secondary N) is 3. The molecule has 2 fully saturated rings. The van der Waals surface area contributed by atoms with E-state index < -0.39 is 15.6 Å². The Morgan fingerprint density at radius 2 is 2.04 bits per heavy atom. The molecule has 0 aliphatic carbocycles. The zero-order valence-corrected chi connectivity index (χ0v) is 16.8. The molecule has 1 aromatic rings. The Balaban J connectivity index is 1.65. The number of nitrogens with zero attached hydrogens (tertiary/aromatic N) is 2. The lowest BCUT2D eigenvalue weighted by Gasteiger charge is -2.40. The fraction of sp³-hybridized carbons (Fsp3) is 0.611. The zero-order chi connectivity index (χ0) is 20.2. The summed E-state index contributed by atoms with van der Waals surface area (Å²) in [6.45, 7) is 1.47. The van der Waals surface area contributed by atoms with Gasteiger partial charge in [0, 0.05) is 37.1 Å². The third-order valence-corrected chi connectivity index (χ3v) is 6.93. The molecule has 2 amide bonds.